The van der Waals surface area contributed by atoms with Crippen LogP contribution in [0.2, 0.25) is 0 Å². The van der Waals surface area contributed by atoms with E-state index in [0.29, 0.717) is 26.2 Å². The van der Waals surface area contributed by atoms with Gasteiger partial charge in [-0.05, 0) is 24.8 Å². The number of sulfonamides is 1. The van der Waals surface area contributed by atoms with Crippen LogP contribution in [0.5, 0.6) is 0 Å². The molecule has 2 rings (SSSR count). The molecule has 2 heterocycles. The molecule has 19 heavy (non-hydrogen) atoms. The molecule has 0 aromatic carbocycles. The highest BCUT2D eigenvalue weighted by Crippen LogP contribution is 2.32. The molecule has 1 aliphatic rings. The summed E-state index contributed by atoms with van der Waals surface area (Å²) < 4.78 is 28.1. The van der Waals surface area contributed by atoms with E-state index in [1.165, 1.54) is 6.20 Å². The normalized spacial score (nSPS) is 19.9. The highest BCUT2D eigenvalue weighted by Gasteiger charge is 2.37. The van der Waals surface area contributed by atoms with E-state index >= 15 is 0 Å². The molecule has 2 N–H and O–H groups in total. The molecule has 1 fully saturated rings. The fourth-order valence-electron chi connectivity index (χ4n) is 2.27. The lowest BCUT2D eigenvalue weighted by atomic mass is 9.93. The quantitative estimate of drug-likeness (QED) is 0.862. The van der Waals surface area contributed by atoms with Crippen LogP contribution in [-0.2, 0) is 16.6 Å². The second-order valence-electron chi connectivity index (χ2n) is 5.83. The predicted octanol–water partition coefficient (Wildman–Crippen LogP) is 0.653. The largest absolute Gasteiger partial charge is 0.330 e. The van der Waals surface area contributed by atoms with Crippen LogP contribution in [0.1, 0.15) is 26.7 Å². The maximum atomic E-state index is 12.5. The molecule has 0 atom stereocenters. The van der Waals surface area contributed by atoms with Gasteiger partial charge in [0.2, 0.25) is 10.0 Å². The molecule has 1 saturated heterocycles. The summed E-state index contributed by atoms with van der Waals surface area (Å²) in [6.45, 7) is 6.56. The van der Waals surface area contributed by atoms with Gasteiger partial charge in [0.1, 0.15) is 4.90 Å². The van der Waals surface area contributed by atoms with Crippen LogP contribution in [0, 0.1) is 5.41 Å². The molecule has 1 aliphatic heterocycles. The van der Waals surface area contributed by atoms with Crippen LogP contribution in [0.4, 0.5) is 0 Å². The molecule has 1 aromatic rings. The number of nitrogens with two attached hydrogens (primary N) is 1. The summed E-state index contributed by atoms with van der Waals surface area (Å²) in [5.41, 5.74) is 5.49. The number of nitrogens with zero attached hydrogens (tertiary/aromatic N) is 3. The van der Waals surface area contributed by atoms with Gasteiger partial charge in [0, 0.05) is 25.8 Å². The minimum Gasteiger partial charge on any atom is -0.330 e. The topological polar surface area (TPSA) is 81.2 Å². The van der Waals surface area contributed by atoms with Crippen LogP contribution < -0.4 is 5.73 Å². The lowest BCUT2D eigenvalue weighted by Gasteiger charge is -2.18. The van der Waals surface area contributed by atoms with Gasteiger partial charge in [0.15, 0.2) is 0 Å². The van der Waals surface area contributed by atoms with Gasteiger partial charge < -0.3 is 5.73 Å². The second kappa shape index (κ2) is 5.22. The molecule has 6 nitrogen and oxygen atoms in total. The molecule has 0 saturated carbocycles. The summed E-state index contributed by atoms with van der Waals surface area (Å²) in [5, 5.41) is 4.08. The van der Waals surface area contributed by atoms with E-state index < -0.39 is 10.0 Å². The Morgan fingerprint density at radius 3 is 2.79 bits per heavy atom. The first kappa shape index (κ1) is 14.5. The summed E-state index contributed by atoms with van der Waals surface area (Å²) in [5.74, 6) is 0. The third-order valence-corrected chi connectivity index (χ3v) is 5.28. The maximum Gasteiger partial charge on any atom is 0.246 e. The Morgan fingerprint density at radius 1 is 1.47 bits per heavy atom. The zero-order valence-electron chi connectivity index (χ0n) is 11.5. The number of aromatic nitrogens is 2. The molecular formula is C12H22N4O2S. The zero-order valence-corrected chi connectivity index (χ0v) is 12.4. The van der Waals surface area contributed by atoms with E-state index in [1.54, 1.807) is 15.2 Å². The average molecular weight is 286 g/mol. The van der Waals surface area contributed by atoms with E-state index in [4.69, 9.17) is 5.73 Å². The summed E-state index contributed by atoms with van der Waals surface area (Å²) in [6, 6.07) is 0. The van der Waals surface area contributed by atoms with E-state index in [9.17, 15) is 8.42 Å². The monoisotopic (exact) mass is 286 g/mol. The fraction of sp³-hybridized carbons (Fsp3) is 0.750. The van der Waals surface area contributed by atoms with Crippen molar-refractivity contribution in [2.45, 2.75) is 38.1 Å². The average Bonchev–Trinajstić information content (AvgIpc) is 2.93. The standard InChI is InChI=1S/C12H22N4O2S/c1-12(2)4-7-16(10-12)19(17,18)11-8-14-15(9-11)6-3-5-13/h8-9H,3-7,10,13H2,1-2H3. The highest BCUT2D eigenvalue weighted by molar-refractivity contribution is 7.89. The number of hydrogen-bond donors (Lipinski definition) is 1. The number of aryl methyl sites for hydroxylation is 1. The maximum absolute atomic E-state index is 12.5. The van der Waals surface area contributed by atoms with Crippen molar-refractivity contribution in [2.75, 3.05) is 19.6 Å². The van der Waals surface area contributed by atoms with Crippen molar-refractivity contribution in [3.63, 3.8) is 0 Å². The lowest BCUT2D eigenvalue weighted by molar-refractivity contribution is 0.375. The van der Waals surface area contributed by atoms with Gasteiger partial charge in [-0.25, -0.2) is 8.42 Å². The van der Waals surface area contributed by atoms with E-state index in [2.05, 4.69) is 18.9 Å². The smallest absolute Gasteiger partial charge is 0.246 e. The Kier molecular flexibility index (Phi) is 3.98. The van der Waals surface area contributed by atoms with Crippen molar-refractivity contribution < 1.29 is 8.42 Å². The van der Waals surface area contributed by atoms with Crippen LogP contribution in [0.15, 0.2) is 17.3 Å². The number of rotatable bonds is 5. The van der Waals surface area contributed by atoms with Crippen molar-refractivity contribution in [3.8, 4) is 0 Å². The van der Waals surface area contributed by atoms with Crippen LogP contribution in [-0.4, -0.2) is 42.1 Å². The van der Waals surface area contributed by atoms with E-state index in [-0.39, 0.29) is 10.3 Å². The molecule has 0 bridgehead atoms. The van der Waals surface area contributed by atoms with Crippen molar-refractivity contribution >= 4 is 10.0 Å². The molecule has 7 heteroatoms. The fourth-order valence-corrected chi connectivity index (χ4v) is 3.85. The molecule has 0 amide bonds. The lowest BCUT2D eigenvalue weighted by Crippen LogP contribution is -2.30. The van der Waals surface area contributed by atoms with Gasteiger partial charge in [-0.2, -0.15) is 9.40 Å². The third-order valence-electron chi connectivity index (χ3n) is 3.48. The molecular weight excluding hydrogens is 264 g/mol. The van der Waals surface area contributed by atoms with Crippen molar-refractivity contribution in [1.29, 1.82) is 0 Å². The van der Waals surface area contributed by atoms with Crippen LogP contribution in [0.25, 0.3) is 0 Å². The summed E-state index contributed by atoms with van der Waals surface area (Å²) in [4.78, 5) is 0.280. The van der Waals surface area contributed by atoms with Crippen LogP contribution >= 0.6 is 0 Å². The molecule has 0 spiro atoms. The molecule has 108 valence electrons. The summed E-state index contributed by atoms with van der Waals surface area (Å²) in [6.07, 6.45) is 4.71. The summed E-state index contributed by atoms with van der Waals surface area (Å²) in [7, 11) is -3.40. The molecule has 1 aromatic heterocycles. The zero-order chi connectivity index (χ0) is 14.1. The molecule has 0 radical (unpaired) electrons. The number of hydrogen-bond acceptors (Lipinski definition) is 4. The van der Waals surface area contributed by atoms with Gasteiger partial charge in [0.25, 0.3) is 0 Å². The van der Waals surface area contributed by atoms with Crippen molar-refractivity contribution in [2.24, 2.45) is 11.1 Å². The minimum atomic E-state index is -3.40. The van der Waals surface area contributed by atoms with Gasteiger partial charge in [0.05, 0.1) is 6.20 Å². The first-order valence-corrected chi connectivity index (χ1v) is 8.02. The Morgan fingerprint density at radius 2 is 2.21 bits per heavy atom. The van der Waals surface area contributed by atoms with Crippen molar-refractivity contribution in [1.82, 2.24) is 14.1 Å². The molecule has 0 unspecified atom stereocenters. The second-order valence-corrected chi connectivity index (χ2v) is 7.77. The van der Waals surface area contributed by atoms with Gasteiger partial charge in [-0.1, -0.05) is 13.8 Å². The highest BCUT2D eigenvalue weighted by atomic mass is 32.2. The van der Waals surface area contributed by atoms with E-state index in [1.807, 2.05) is 0 Å². The predicted molar refractivity (Wildman–Crippen MR) is 73.1 cm³/mol. The van der Waals surface area contributed by atoms with E-state index in [0.717, 1.165) is 12.8 Å². The Hall–Kier alpha value is -0.920. The summed E-state index contributed by atoms with van der Waals surface area (Å²) >= 11 is 0. The molecule has 0 aliphatic carbocycles. The first-order chi connectivity index (χ1) is 8.85. The SMILES string of the molecule is CC1(C)CCN(S(=O)(=O)c2cnn(CCCN)c2)C1. The van der Waals surface area contributed by atoms with Gasteiger partial charge in [-0.3, -0.25) is 4.68 Å². The minimum absolute atomic E-state index is 0.0581. The third kappa shape index (κ3) is 3.16. The Bertz CT molecular complexity index is 536. The van der Waals surface area contributed by atoms with Crippen LogP contribution in [0.3, 0.4) is 0 Å². The van der Waals surface area contributed by atoms with Gasteiger partial charge >= 0.3 is 0 Å². The Balaban J connectivity index is 2.14. The van der Waals surface area contributed by atoms with Crippen molar-refractivity contribution in [3.05, 3.63) is 12.4 Å². The Labute approximate surface area is 114 Å². The van der Waals surface area contributed by atoms with Gasteiger partial charge in [-0.15, -0.1) is 0 Å². The first-order valence-electron chi connectivity index (χ1n) is 6.58.